The Bertz CT molecular complexity index is 2090. The van der Waals surface area contributed by atoms with Gasteiger partial charge in [-0.3, -0.25) is 0 Å². The lowest BCUT2D eigenvalue weighted by Gasteiger charge is -2.20. The molecule has 0 amide bonds. The van der Waals surface area contributed by atoms with Crippen molar-refractivity contribution < 1.29 is 0 Å². The number of benzene rings is 3. The fourth-order valence-corrected chi connectivity index (χ4v) is 6.82. The van der Waals surface area contributed by atoms with Crippen molar-refractivity contribution in [3.8, 4) is 5.69 Å². The quantitative estimate of drug-likeness (QED) is 0.182. The van der Waals surface area contributed by atoms with E-state index in [4.69, 9.17) is 0 Å². The van der Waals surface area contributed by atoms with Crippen molar-refractivity contribution in [1.29, 1.82) is 0 Å². The Hall–Kier alpha value is -4.36. The highest BCUT2D eigenvalue weighted by Crippen LogP contribution is 2.32. The van der Waals surface area contributed by atoms with Gasteiger partial charge in [0.05, 0.1) is 5.35 Å². The van der Waals surface area contributed by atoms with Crippen LogP contribution in [-0.4, -0.2) is 4.57 Å². The molecule has 1 aliphatic rings. The molecule has 4 aromatic rings. The zero-order chi connectivity index (χ0) is 34.7. The molecule has 1 aromatic heterocycles. The maximum atomic E-state index is 4.60. The van der Waals surface area contributed by atoms with E-state index in [2.05, 4.69) is 177 Å². The fourth-order valence-electron chi connectivity index (χ4n) is 6.82. The van der Waals surface area contributed by atoms with Crippen LogP contribution in [0.15, 0.2) is 114 Å². The van der Waals surface area contributed by atoms with Crippen LogP contribution in [0.2, 0.25) is 0 Å². The zero-order valence-electron chi connectivity index (χ0n) is 30.9. The van der Waals surface area contributed by atoms with Crippen molar-refractivity contribution >= 4 is 24.3 Å². The first-order chi connectivity index (χ1) is 22.7. The van der Waals surface area contributed by atoms with Crippen LogP contribution in [0.5, 0.6) is 0 Å². The lowest BCUT2D eigenvalue weighted by molar-refractivity contribution is 0.585. The van der Waals surface area contributed by atoms with E-state index in [1.54, 1.807) is 0 Å². The highest BCUT2D eigenvalue weighted by Gasteiger charge is 2.19. The number of hydrogen-bond acceptors (Lipinski definition) is 0. The van der Waals surface area contributed by atoms with Gasteiger partial charge in [0, 0.05) is 17.1 Å². The molecule has 1 aliphatic carbocycles. The Balaban J connectivity index is 1.62. The number of fused-ring (bicyclic) bond motifs is 1. The van der Waals surface area contributed by atoms with Gasteiger partial charge >= 0.3 is 0 Å². The van der Waals surface area contributed by atoms with Gasteiger partial charge in [-0.15, -0.1) is 0 Å². The highest BCUT2D eigenvalue weighted by atomic mass is 15.0. The Morgan fingerprint density at radius 3 is 2.12 bits per heavy atom. The van der Waals surface area contributed by atoms with E-state index in [1.807, 2.05) is 0 Å². The average Bonchev–Trinajstić information content (AvgIpc) is 3.38. The summed E-state index contributed by atoms with van der Waals surface area (Å²) in [5.41, 5.74) is 13.3. The molecule has 0 fully saturated rings. The first-order valence-electron chi connectivity index (χ1n) is 17.7. The summed E-state index contributed by atoms with van der Waals surface area (Å²) in [6, 6.07) is 26.9. The van der Waals surface area contributed by atoms with Gasteiger partial charge in [0.25, 0.3) is 0 Å². The van der Waals surface area contributed by atoms with Crippen molar-refractivity contribution in [3.63, 3.8) is 0 Å². The summed E-state index contributed by atoms with van der Waals surface area (Å²) in [5, 5.41) is 4.81. The van der Waals surface area contributed by atoms with Gasteiger partial charge in [0.2, 0.25) is 0 Å². The third kappa shape index (κ3) is 7.68. The second-order valence-corrected chi connectivity index (χ2v) is 15.4. The molecular weight excluding hydrogens is 579 g/mol. The molecular formula is C47H55N. The number of rotatable bonds is 8. The number of allylic oxidation sites excluding steroid dienone is 5. The molecule has 0 unspecified atom stereocenters. The summed E-state index contributed by atoms with van der Waals surface area (Å²) in [6.07, 6.45) is 12.0. The maximum Gasteiger partial charge on any atom is 0.0537 e. The third-order valence-electron chi connectivity index (χ3n) is 9.83. The van der Waals surface area contributed by atoms with Gasteiger partial charge in [0.1, 0.15) is 0 Å². The summed E-state index contributed by atoms with van der Waals surface area (Å²) >= 11 is 0. The van der Waals surface area contributed by atoms with Gasteiger partial charge in [-0.2, -0.15) is 0 Å². The van der Waals surface area contributed by atoms with Gasteiger partial charge in [-0.25, -0.2) is 0 Å². The molecule has 0 saturated carbocycles. The fraction of sp³-hybridized carbons (Fsp3) is 0.319. The van der Waals surface area contributed by atoms with Crippen molar-refractivity contribution in [1.82, 2.24) is 4.57 Å². The lowest BCUT2D eigenvalue weighted by Crippen LogP contribution is -2.32. The van der Waals surface area contributed by atoms with E-state index in [9.17, 15) is 0 Å². The lowest BCUT2D eigenvalue weighted by atomic mass is 9.85. The van der Waals surface area contributed by atoms with E-state index in [0.717, 1.165) is 30.1 Å². The molecule has 0 bridgehead atoms. The molecule has 3 aromatic carbocycles. The second kappa shape index (κ2) is 14.4. The minimum absolute atomic E-state index is 0.0661. The molecule has 0 atom stereocenters. The molecule has 248 valence electrons. The van der Waals surface area contributed by atoms with Crippen molar-refractivity contribution in [2.45, 2.75) is 98.8 Å². The highest BCUT2D eigenvalue weighted by molar-refractivity contribution is 5.82. The first-order valence-corrected chi connectivity index (χ1v) is 17.7. The predicted octanol–water partition coefficient (Wildman–Crippen LogP) is 9.89. The summed E-state index contributed by atoms with van der Waals surface area (Å²) < 4.78 is 2.38. The Morgan fingerprint density at radius 1 is 0.833 bits per heavy atom. The monoisotopic (exact) mass is 633 g/mol. The summed E-state index contributed by atoms with van der Waals surface area (Å²) in [5.74, 6) is 0.923. The van der Waals surface area contributed by atoms with Crippen LogP contribution in [0.25, 0.3) is 30.0 Å². The zero-order valence-corrected chi connectivity index (χ0v) is 30.9. The Labute approximate surface area is 289 Å². The van der Waals surface area contributed by atoms with Crippen molar-refractivity contribution in [2.75, 3.05) is 0 Å². The number of hydrogen-bond donors (Lipinski definition) is 0. The molecule has 0 spiro atoms. The van der Waals surface area contributed by atoms with Gasteiger partial charge < -0.3 is 4.57 Å². The SMILES string of the molecule is C=C1C=c2c(ccn2-c2cc(C(C)C)cc(C(C)C)c2)=C(c2ccccc2)/C(=C(/C)CC/C(C)=C/C=c2/c(C(C)(C)C)cccc2=C)C1. The van der Waals surface area contributed by atoms with Crippen LogP contribution in [-0.2, 0) is 5.41 Å². The van der Waals surface area contributed by atoms with Crippen LogP contribution in [0.1, 0.15) is 116 Å². The molecule has 1 nitrogen and oxygen atoms in total. The van der Waals surface area contributed by atoms with Gasteiger partial charge in [-0.05, 0) is 124 Å². The van der Waals surface area contributed by atoms with Crippen LogP contribution < -0.4 is 21.0 Å². The largest absolute Gasteiger partial charge is 0.317 e. The summed E-state index contributed by atoms with van der Waals surface area (Å²) in [7, 11) is 0. The normalized spacial score (nSPS) is 15.6. The minimum Gasteiger partial charge on any atom is -0.317 e. The average molecular weight is 634 g/mol. The van der Waals surface area contributed by atoms with Crippen molar-refractivity contribution in [2.24, 2.45) is 0 Å². The standard InChI is InChI=1S/C47H55N/c1-31(2)38-28-39(32(3)4)30-40(29-38)48-25-24-42-45(48)27-34(6)26-43(46(42)37-17-13-12-14-18-37)36(8)22-20-33(5)21-23-41-35(7)16-15-19-44(41)47(9,10)11/h12-19,21,23-25,27-32H,6-7,20,22,26H2,1-5,8-11H3/b33-21+,41-23+,43-36-. The summed E-state index contributed by atoms with van der Waals surface area (Å²) in [4.78, 5) is 0. The molecule has 0 aliphatic heterocycles. The molecule has 1 heteroatoms. The predicted molar refractivity (Wildman–Crippen MR) is 210 cm³/mol. The van der Waals surface area contributed by atoms with E-state index in [1.165, 1.54) is 66.0 Å². The maximum absolute atomic E-state index is 4.60. The molecule has 1 heterocycles. The Kier molecular flexibility index (Phi) is 10.5. The van der Waals surface area contributed by atoms with E-state index >= 15 is 0 Å². The number of nitrogens with zero attached hydrogens (tertiary/aromatic N) is 1. The van der Waals surface area contributed by atoms with E-state index < -0.39 is 0 Å². The van der Waals surface area contributed by atoms with Crippen molar-refractivity contribution in [3.05, 3.63) is 157 Å². The van der Waals surface area contributed by atoms with Crippen LogP contribution in [0, 0.1) is 0 Å². The molecule has 0 radical (unpaired) electrons. The van der Waals surface area contributed by atoms with E-state index in [-0.39, 0.29) is 5.41 Å². The second-order valence-electron chi connectivity index (χ2n) is 15.4. The van der Waals surface area contributed by atoms with Crippen LogP contribution in [0.4, 0.5) is 0 Å². The van der Waals surface area contributed by atoms with Crippen LogP contribution in [0.3, 0.4) is 0 Å². The molecule has 0 saturated heterocycles. The first kappa shape index (κ1) is 35.0. The van der Waals surface area contributed by atoms with E-state index in [0.29, 0.717) is 11.8 Å². The van der Waals surface area contributed by atoms with Gasteiger partial charge in [0.15, 0.2) is 0 Å². The molecule has 5 rings (SSSR count). The third-order valence-corrected chi connectivity index (χ3v) is 9.83. The summed E-state index contributed by atoms with van der Waals surface area (Å²) in [6.45, 7) is 29.5. The minimum atomic E-state index is 0.0661. The smallest absolute Gasteiger partial charge is 0.0537 e. The molecule has 0 N–H and O–H groups in total. The topological polar surface area (TPSA) is 4.93 Å². The van der Waals surface area contributed by atoms with Gasteiger partial charge in [-0.1, -0.05) is 140 Å². The number of aromatic nitrogens is 1. The Morgan fingerprint density at radius 2 is 1.50 bits per heavy atom. The van der Waals surface area contributed by atoms with Crippen LogP contribution >= 0.6 is 0 Å². The molecule has 48 heavy (non-hydrogen) atoms.